The number of hydrogen-bond donors (Lipinski definition) is 2. The maximum absolute atomic E-state index is 14.9. The molecule has 1 aromatic rings. The summed E-state index contributed by atoms with van der Waals surface area (Å²) in [6.45, 7) is 12.0. The van der Waals surface area contributed by atoms with Crippen LogP contribution < -0.4 is 10.6 Å². The fourth-order valence-electron chi connectivity index (χ4n) is 10.4. The molecule has 20 atom stereocenters. The molecule has 4 aliphatic rings. The molecule has 1 aromatic carbocycles. The van der Waals surface area contributed by atoms with Gasteiger partial charge in [-0.2, -0.15) is 0 Å². The highest BCUT2D eigenvalue weighted by molar-refractivity contribution is 8.14. The molecule has 4 heterocycles. The third kappa shape index (κ3) is 24.9. The second-order valence-corrected chi connectivity index (χ2v) is 23.4. The van der Waals surface area contributed by atoms with Crippen LogP contribution in [0.1, 0.15) is 102 Å². The van der Waals surface area contributed by atoms with Crippen molar-refractivity contribution < 1.29 is 167 Å². The van der Waals surface area contributed by atoms with Crippen molar-refractivity contribution in [1.29, 1.82) is 0 Å². The van der Waals surface area contributed by atoms with Gasteiger partial charge in [-0.05, 0) is 18.6 Å². The molecule has 0 saturated carbocycles. The number of amides is 2. The van der Waals surface area contributed by atoms with Crippen molar-refractivity contribution in [2.75, 3.05) is 26.4 Å². The van der Waals surface area contributed by atoms with Crippen LogP contribution in [0.3, 0.4) is 0 Å². The highest BCUT2D eigenvalue weighted by Crippen LogP contribution is 2.40. The Morgan fingerprint density at radius 2 is 0.660 bits per heavy atom. The number of rotatable bonds is 25. The molecular weight excluding hydrogens is 1370 g/mol. The van der Waals surface area contributed by atoms with Crippen LogP contribution in [0.5, 0.6) is 0 Å². The van der Waals surface area contributed by atoms with E-state index in [1.54, 1.807) is 25.1 Å². The van der Waals surface area contributed by atoms with Gasteiger partial charge in [0.25, 0.3) is 0 Å². The Morgan fingerprint density at radius 1 is 0.360 bits per heavy atom. The number of nitrogens with one attached hydrogen (secondary N) is 2. The minimum absolute atomic E-state index is 0.147. The first-order chi connectivity index (χ1) is 46.9. The molecule has 4 saturated heterocycles. The van der Waals surface area contributed by atoms with E-state index in [2.05, 4.69) is 15.6 Å². The summed E-state index contributed by atoms with van der Waals surface area (Å²) in [5.74, 6) is -14.1. The summed E-state index contributed by atoms with van der Waals surface area (Å²) in [5.41, 5.74) is -1.16. The van der Waals surface area contributed by atoms with Gasteiger partial charge in [0.2, 0.25) is 0 Å². The lowest BCUT2D eigenvalue weighted by Gasteiger charge is -2.49. The zero-order chi connectivity index (χ0) is 74.6. The number of hydrogen-bond acceptors (Lipinski definition) is 37. The molecule has 0 aromatic heterocycles. The average Bonchev–Trinajstić information content (AvgIpc) is 0.773. The van der Waals surface area contributed by atoms with Crippen molar-refractivity contribution >= 4 is 112 Å². The molecule has 38 nitrogen and oxygen atoms in total. The Hall–Kier alpha value is -9.15. The summed E-state index contributed by atoms with van der Waals surface area (Å²) in [4.78, 5) is 199. The van der Waals surface area contributed by atoms with Crippen molar-refractivity contribution in [2.24, 2.45) is 4.99 Å². The number of amidine groups is 1. The highest BCUT2D eigenvalue weighted by atomic mass is 32.2. The molecule has 5 rings (SSSR count). The largest absolute Gasteiger partial charge is 0.463 e. The van der Waals surface area contributed by atoms with Gasteiger partial charge in [-0.15, -0.1) is 0 Å². The summed E-state index contributed by atoms with van der Waals surface area (Å²) >= 11 is 0.454. The lowest BCUT2D eigenvalue weighted by atomic mass is 9.95. The van der Waals surface area contributed by atoms with E-state index >= 15 is 0 Å². The maximum Gasteiger partial charge on any atom is 0.322 e. The van der Waals surface area contributed by atoms with E-state index in [-0.39, 0.29) is 5.69 Å². The fourth-order valence-corrected chi connectivity index (χ4v) is 11.5. The molecule has 2 N–H and O–H groups in total. The first-order valence-corrected chi connectivity index (χ1v) is 31.4. The second kappa shape index (κ2) is 37.9. The molecule has 4 aliphatic heterocycles. The third-order valence-electron chi connectivity index (χ3n) is 13.9. The number of esters is 14. The van der Waals surface area contributed by atoms with Gasteiger partial charge < -0.3 is 100 Å². The van der Waals surface area contributed by atoms with E-state index in [1.807, 2.05) is 0 Å². The summed E-state index contributed by atoms with van der Waals surface area (Å²) in [6, 6.07) is 5.00. The number of aliphatic imine (C=N–C) groups is 1. The molecular formula is C61H79N3O35S. The minimum Gasteiger partial charge on any atom is -0.463 e. The second-order valence-electron chi connectivity index (χ2n) is 22.3. The van der Waals surface area contributed by atoms with Gasteiger partial charge >= 0.3 is 89.6 Å². The topological polar surface area (TPSA) is 477 Å². The van der Waals surface area contributed by atoms with Gasteiger partial charge in [-0.1, -0.05) is 30.0 Å². The van der Waals surface area contributed by atoms with Crippen LogP contribution in [-0.2, 0) is 162 Å². The number of urea groups is 1. The van der Waals surface area contributed by atoms with Crippen LogP contribution in [0.25, 0.3) is 0 Å². The van der Waals surface area contributed by atoms with E-state index in [0.717, 1.165) is 96.9 Å². The van der Waals surface area contributed by atoms with Crippen LogP contribution in [-0.4, -0.2) is 243 Å². The van der Waals surface area contributed by atoms with Crippen LogP contribution in [0.2, 0.25) is 0 Å². The quantitative estimate of drug-likeness (QED) is 0.0573. The number of benzene rings is 1. The fraction of sp³-hybridized carbons (Fsp3) is 0.639. The Kier molecular flexibility index (Phi) is 30.9. The number of para-hydroxylation sites is 1. The van der Waals surface area contributed by atoms with Gasteiger partial charge in [-0.25, -0.2) is 9.79 Å². The summed E-state index contributed by atoms with van der Waals surface area (Å²) < 4.78 is 116. The number of thioether (sulfide) groups is 1. The van der Waals surface area contributed by atoms with Crippen LogP contribution in [0.4, 0.5) is 10.5 Å². The van der Waals surface area contributed by atoms with Crippen LogP contribution >= 0.6 is 11.8 Å². The van der Waals surface area contributed by atoms with E-state index < -0.39 is 243 Å². The Balaban J connectivity index is 1.65. The van der Waals surface area contributed by atoms with E-state index in [9.17, 15) is 71.9 Å². The van der Waals surface area contributed by atoms with E-state index in [0.29, 0.717) is 17.3 Å². The van der Waals surface area contributed by atoms with E-state index in [4.69, 9.17) is 94.7 Å². The highest BCUT2D eigenvalue weighted by Gasteiger charge is 2.60. The lowest BCUT2D eigenvalue weighted by Crippen LogP contribution is -2.69. The van der Waals surface area contributed by atoms with Gasteiger partial charge in [0.05, 0.1) is 5.69 Å². The first-order valence-electron chi connectivity index (χ1n) is 30.5. The molecule has 0 bridgehead atoms. The molecule has 0 aliphatic carbocycles. The van der Waals surface area contributed by atoms with Gasteiger partial charge in [0.1, 0.15) is 63.1 Å². The zero-order valence-corrected chi connectivity index (χ0v) is 57.6. The Bertz CT molecular complexity index is 3220. The molecule has 2 amide bonds. The minimum atomic E-state index is -2.06. The summed E-state index contributed by atoms with van der Waals surface area (Å²) in [7, 11) is 0. The Labute approximate surface area is 574 Å². The van der Waals surface area contributed by atoms with Gasteiger partial charge in [0.15, 0.2) is 90.5 Å². The van der Waals surface area contributed by atoms with Crippen molar-refractivity contribution in [3.63, 3.8) is 0 Å². The lowest BCUT2D eigenvalue weighted by molar-refractivity contribution is -0.345. The molecule has 4 fully saturated rings. The van der Waals surface area contributed by atoms with Crippen LogP contribution in [0.15, 0.2) is 29.3 Å². The molecule has 100 heavy (non-hydrogen) atoms. The molecule has 0 spiro atoms. The third-order valence-corrected chi connectivity index (χ3v) is 14.9. The van der Waals surface area contributed by atoms with Crippen LogP contribution in [0, 0.1) is 6.92 Å². The van der Waals surface area contributed by atoms with Crippen molar-refractivity contribution in [1.82, 2.24) is 10.6 Å². The number of carbonyl (C=O) groups is 15. The van der Waals surface area contributed by atoms with E-state index in [1.165, 1.54) is 6.07 Å². The SMILES string of the molecule is CC(=O)OC[C@H]1O[C@@H](O[C@H]2[C@H](OC(C)=O)[C@@H](OC(C)=O)[C@H](NC(=O)NC(=Nc3ccccc3C)S[C@@H]3O[C@H](COC(C)=O)[C@@H](O[C@@H]4O[C@H](COC(C)=O)[C@H](OC(C)=O)[C@H](OC(C)=O)[C@H]4OC(C)=O)[C@H](OC(C)=O)[C@H]3OC(C)=O)O[C@@H]2COC(C)=O)[C@H](OC(C)=O)[C@@H](OC(C)=O)[C@H]1OC(C)=O. The predicted octanol–water partition coefficient (Wildman–Crippen LogP) is 0.254. The average molecular weight is 1450 g/mol. The van der Waals surface area contributed by atoms with Crippen molar-refractivity contribution in [3.8, 4) is 0 Å². The van der Waals surface area contributed by atoms with Crippen molar-refractivity contribution in [2.45, 2.75) is 226 Å². The molecule has 0 radical (unpaired) electrons. The van der Waals surface area contributed by atoms with Gasteiger partial charge in [0, 0.05) is 96.9 Å². The summed E-state index contributed by atoms with van der Waals surface area (Å²) in [6.07, 6.45) is -35.5. The number of carbonyl (C=O) groups excluding carboxylic acids is 15. The van der Waals surface area contributed by atoms with Gasteiger partial charge in [-0.3, -0.25) is 72.4 Å². The normalized spacial score (nSPS) is 29.3. The smallest absolute Gasteiger partial charge is 0.322 e. The zero-order valence-electron chi connectivity index (χ0n) is 56.8. The first kappa shape index (κ1) is 81.5. The Morgan fingerprint density at radius 3 is 1.02 bits per heavy atom. The predicted molar refractivity (Wildman–Crippen MR) is 324 cm³/mol. The number of aryl methyl sites for hydroxylation is 1. The van der Waals surface area contributed by atoms with Crippen molar-refractivity contribution in [3.05, 3.63) is 29.8 Å². The maximum atomic E-state index is 14.9. The molecule has 554 valence electrons. The molecule has 39 heteroatoms. The number of nitrogens with zero attached hydrogens (tertiary/aromatic N) is 1. The number of ether oxygens (including phenoxy) is 20. The standard InChI is InChI=1S/C61H79N3O35S/c1-24-18-16-17-19-39(24)62-61(100-59-55(93-38(15)78)51(89-34(11)74)47(43(97-59)23-83-28(5)68)99-58-54(92-37(14)77)50(88-33(10)73)45(85-30(7)70)42(96-58)22-82-27(4)67)64-60(79)63-56-52(90-35(12)75)48(86-31(8)71)46(40(94-56)20-80-25(2)65)98-57-53(91-36(13)76)49(87-32(9)72)44(84-29(6)69)41(95-57)21-81-26(3)66/h16-19,40-59H,20-23H2,1-15H3,(H2,62,63,64,79)/t40-,41-,42-,43-,44+,45+,46-,47-,48+,49+,50+,51+,52-,53-,54-,55-,56-,57+,58+,59+/m1/s1. The molecule has 0 unspecified atom stereocenters. The summed E-state index contributed by atoms with van der Waals surface area (Å²) in [5, 5.41) is 4.48. The monoisotopic (exact) mass is 1450 g/mol.